The molecule has 2 amide bonds. The molecule has 0 atom stereocenters. The quantitative estimate of drug-likeness (QED) is 0.641. The van der Waals surface area contributed by atoms with Gasteiger partial charge in [0.05, 0.1) is 12.8 Å². The van der Waals surface area contributed by atoms with Gasteiger partial charge in [0.2, 0.25) is 0 Å². The molecule has 27 heavy (non-hydrogen) atoms. The van der Waals surface area contributed by atoms with Crippen molar-refractivity contribution in [2.24, 2.45) is 0 Å². The Kier molecular flexibility index (Phi) is 5.68. The van der Waals surface area contributed by atoms with Crippen LogP contribution in [0.25, 0.3) is 5.69 Å². The standard InChI is InChI=1S/C19H17N3O4S/c1-26-16(23)12-20-18(24)13-4-6-14(7-5-13)21-19(25)17-15(8-11-27-17)22-9-2-3-10-22/h2-11H,12H2,1H3,(H,20,24)(H,21,25). The van der Waals surface area contributed by atoms with E-state index in [1.807, 2.05) is 40.5 Å². The molecule has 8 heteroatoms. The molecule has 0 radical (unpaired) electrons. The Morgan fingerprint density at radius 2 is 1.74 bits per heavy atom. The second-order valence-electron chi connectivity index (χ2n) is 5.52. The first-order valence-electron chi connectivity index (χ1n) is 8.06. The van der Waals surface area contributed by atoms with Crippen LogP contribution in [0.15, 0.2) is 60.2 Å². The Bertz CT molecular complexity index is 946. The monoisotopic (exact) mass is 383 g/mol. The second-order valence-corrected chi connectivity index (χ2v) is 6.43. The van der Waals surface area contributed by atoms with Gasteiger partial charge in [0, 0.05) is 23.6 Å². The first-order valence-corrected chi connectivity index (χ1v) is 8.93. The van der Waals surface area contributed by atoms with E-state index in [1.165, 1.54) is 18.4 Å². The highest BCUT2D eigenvalue weighted by Crippen LogP contribution is 2.23. The van der Waals surface area contributed by atoms with Crippen LogP contribution in [0.4, 0.5) is 5.69 Å². The van der Waals surface area contributed by atoms with Gasteiger partial charge in [-0.05, 0) is 47.8 Å². The van der Waals surface area contributed by atoms with E-state index in [0.29, 0.717) is 16.1 Å². The van der Waals surface area contributed by atoms with Crippen LogP contribution < -0.4 is 10.6 Å². The van der Waals surface area contributed by atoms with Crippen molar-refractivity contribution in [2.75, 3.05) is 19.0 Å². The summed E-state index contributed by atoms with van der Waals surface area (Å²) in [4.78, 5) is 36.2. The lowest BCUT2D eigenvalue weighted by Crippen LogP contribution is -2.30. The molecule has 0 bridgehead atoms. The number of ether oxygens (including phenoxy) is 1. The fraction of sp³-hybridized carbons (Fsp3) is 0.105. The number of anilines is 1. The summed E-state index contributed by atoms with van der Waals surface area (Å²) in [5.41, 5.74) is 1.75. The van der Waals surface area contributed by atoms with E-state index >= 15 is 0 Å². The van der Waals surface area contributed by atoms with Gasteiger partial charge in [-0.15, -0.1) is 11.3 Å². The number of aromatic nitrogens is 1. The highest BCUT2D eigenvalue weighted by atomic mass is 32.1. The smallest absolute Gasteiger partial charge is 0.325 e. The normalized spacial score (nSPS) is 10.3. The van der Waals surface area contributed by atoms with Gasteiger partial charge in [-0.2, -0.15) is 0 Å². The lowest BCUT2D eigenvalue weighted by atomic mass is 10.2. The Morgan fingerprint density at radius 3 is 2.41 bits per heavy atom. The van der Waals surface area contributed by atoms with Gasteiger partial charge in [0.1, 0.15) is 11.4 Å². The van der Waals surface area contributed by atoms with E-state index in [0.717, 1.165) is 5.69 Å². The van der Waals surface area contributed by atoms with Gasteiger partial charge in [0.15, 0.2) is 0 Å². The number of rotatable bonds is 6. The molecule has 2 N–H and O–H groups in total. The molecule has 0 unspecified atom stereocenters. The molecule has 3 rings (SSSR count). The van der Waals surface area contributed by atoms with Crippen molar-refractivity contribution >= 4 is 34.8 Å². The number of thiophene rings is 1. The number of methoxy groups -OCH3 is 1. The van der Waals surface area contributed by atoms with E-state index in [2.05, 4.69) is 15.4 Å². The molecule has 138 valence electrons. The number of benzene rings is 1. The van der Waals surface area contributed by atoms with Crippen LogP contribution in [0.3, 0.4) is 0 Å². The molecule has 2 aromatic heterocycles. The summed E-state index contributed by atoms with van der Waals surface area (Å²) >= 11 is 1.35. The molecule has 0 saturated carbocycles. The van der Waals surface area contributed by atoms with E-state index in [4.69, 9.17) is 0 Å². The lowest BCUT2D eigenvalue weighted by Gasteiger charge is -2.08. The Hall–Kier alpha value is -3.39. The Labute approximate surface area is 159 Å². The van der Waals surface area contributed by atoms with Crippen molar-refractivity contribution in [3.63, 3.8) is 0 Å². The van der Waals surface area contributed by atoms with Crippen molar-refractivity contribution < 1.29 is 19.1 Å². The maximum absolute atomic E-state index is 12.6. The predicted octanol–water partition coefficient (Wildman–Crippen LogP) is 2.69. The maximum Gasteiger partial charge on any atom is 0.325 e. The van der Waals surface area contributed by atoms with Gasteiger partial charge in [-0.1, -0.05) is 0 Å². The Morgan fingerprint density at radius 1 is 1.04 bits per heavy atom. The van der Waals surface area contributed by atoms with Gasteiger partial charge in [-0.3, -0.25) is 14.4 Å². The molecule has 0 fully saturated rings. The number of hydrogen-bond acceptors (Lipinski definition) is 5. The molecular weight excluding hydrogens is 366 g/mol. The van der Waals surface area contributed by atoms with E-state index in [-0.39, 0.29) is 12.5 Å². The molecule has 0 spiro atoms. The van der Waals surface area contributed by atoms with Gasteiger partial charge < -0.3 is 19.9 Å². The molecule has 0 aliphatic carbocycles. The van der Waals surface area contributed by atoms with Crippen LogP contribution >= 0.6 is 11.3 Å². The minimum Gasteiger partial charge on any atom is -0.468 e. The molecule has 0 aliphatic rings. The SMILES string of the molecule is COC(=O)CNC(=O)c1ccc(NC(=O)c2sccc2-n2cccc2)cc1. The molecule has 0 saturated heterocycles. The van der Waals surface area contributed by atoms with Crippen LogP contribution in [0.5, 0.6) is 0 Å². The summed E-state index contributed by atoms with van der Waals surface area (Å²) < 4.78 is 6.34. The van der Waals surface area contributed by atoms with Gasteiger partial charge in [-0.25, -0.2) is 0 Å². The molecular formula is C19H17N3O4S. The van der Waals surface area contributed by atoms with Crippen LogP contribution in [0, 0.1) is 0 Å². The largest absolute Gasteiger partial charge is 0.468 e. The predicted molar refractivity (Wildman–Crippen MR) is 102 cm³/mol. The average molecular weight is 383 g/mol. The van der Waals surface area contributed by atoms with Crippen LogP contribution in [0.1, 0.15) is 20.0 Å². The zero-order chi connectivity index (χ0) is 19.2. The number of nitrogens with one attached hydrogen (secondary N) is 2. The van der Waals surface area contributed by atoms with Crippen molar-refractivity contribution in [1.82, 2.24) is 9.88 Å². The maximum atomic E-state index is 12.6. The minimum atomic E-state index is -0.526. The number of esters is 1. The Balaban J connectivity index is 1.65. The topological polar surface area (TPSA) is 89.4 Å². The third-order valence-electron chi connectivity index (χ3n) is 3.76. The van der Waals surface area contributed by atoms with Crippen molar-refractivity contribution in [2.45, 2.75) is 0 Å². The third-order valence-corrected chi connectivity index (χ3v) is 4.66. The molecule has 3 aromatic rings. The number of amides is 2. The summed E-state index contributed by atoms with van der Waals surface area (Å²) in [6.07, 6.45) is 3.75. The van der Waals surface area contributed by atoms with E-state index in [9.17, 15) is 14.4 Å². The van der Waals surface area contributed by atoms with E-state index < -0.39 is 11.9 Å². The highest BCUT2D eigenvalue weighted by molar-refractivity contribution is 7.12. The highest BCUT2D eigenvalue weighted by Gasteiger charge is 2.15. The summed E-state index contributed by atoms with van der Waals surface area (Å²) in [7, 11) is 1.25. The lowest BCUT2D eigenvalue weighted by molar-refractivity contribution is -0.139. The fourth-order valence-electron chi connectivity index (χ4n) is 2.39. The molecule has 7 nitrogen and oxygen atoms in total. The minimum absolute atomic E-state index is 0.200. The number of nitrogens with zero attached hydrogens (tertiary/aromatic N) is 1. The van der Waals surface area contributed by atoms with Crippen molar-refractivity contribution in [3.05, 3.63) is 70.7 Å². The van der Waals surface area contributed by atoms with Gasteiger partial charge >= 0.3 is 5.97 Å². The molecule has 2 heterocycles. The summed E-state index contributed by atoms with van der Waals surface area (Å²) in [6, 6.07) is 12.1. The summed E-state index contributed by atoms with van der Waals surface area (Å²) in [5.74, 6) is -1.15. The first kappa shape index (κ1) is 18.4. The van der Waals surface area contributed by atoms with E-state index in [1.54, 1.807) is 24.3 Å². The summed E-state index contributed by atoms with van der Waals surface area (Å²) in [5, 5.41) is 7.14. The van der Waals surface area contributed by atoms with Crippen molar-refractivity contribution in [1.29, 1.82) is 0 Å². The average Bonchev–Trinajstić information content (AvgIpc) is 3.37. The van der Waals surface area contributed by atoms with Crippen LogP contribution in [0.2, 0.25) is 0 Å². The number of carbonyl (C=O) groups excluding carboxylic acids is 3. The second kappa shape index (κ2) is 8.33. The zero-order valence-corrected chi connectivity index (χ0v) is 15.3. The number of hydrogen-bond donors (Lipinski definition) is 2. The fourth-order valence-corrected chi connectivity index (χ4v) is 3.18. The zero-order valence-electron chi connectivity index (χ0n) is 14.5. The third kappa shape index (κ3) is 4.42. The first-order chi connectivity index (χ1) is 13.1. The molecule has 1 aromatic carbocycles. The summed E-state index contributed by atoms with van der Waals surface area (Å²) in [6.45, 7) is -0.200. The number of carbonyl (C=O) groups is 3. The van der Waals surface area contributed by atoms with Gasteiger partial charge in [0.25, 0.3) is 11.8 Å². The van der Waals surface area contributed by atoms with Crippen LogP contribution in [-0.2, 0) is 9.53 Å². The molecule has 0 aliphatic heterocycles. The van der Waals surface area contributed by atoms with Crippen molar-refractivity contribution in [3.8, 4) is 5.69 Å². The van der Waals surface area contributed by atoms with Crippen LogP contribution in [-0.4, -0.2) is 36.0 Å².